The Kier molecular flexibility index (Phi) is 7.56. The first kappa shape index (κ1) is 26.0. The van der Waals surface area contributed by atoms with E-state index < -0.39 is 59.1 Å². The van der Waals surface area contributed by atoms with Crippen LogP contribution in [0.5, 0.6) is 5.75 Å². The molecule has 36 heavy (non-hydrogen) atoms. The maximum Gasteiger partial charge on any atom is 0.426 e. The number of rotatable bonds is 5. The lowest BCUT2D eigenvalue weighted by Crippen LogP contribution is -2.28. The minimum atomic E-state index is -4.50. The molecule has 0 aromatic heterocycles. The maximum absolute atomic E-state index is 14.9. The molecule has 192 valence electrons. The highest BCUT2D eigenvalue weighted by Gasteiger charge is 2.41. The molecule has 4 rings (SSSR count). The Morgan fingerprint density at radius 3 is 2.22 bits per heavy atom. The number of aliphatic hydroxyl groups excluding tert-OH is 1. The van der Waals surface area contributed by atoms with Gasteiger partial charge in [-0.3, -0.25) is 0 Å². The first-order valence-corrected chi connectivity index (χ1v) is 11.1. The van der Waals surface area contributed by atoms with Crippen molar-refractivity contribution >= 4 is 5.57 Å². The SMILES string of the molecule is OC1CCOC(c2ccc(C3=CC(F)=C(C(F)(F)Oc4cc(F)c(F)c(F)c4)CC(F)=C3)cc2)CC1. The fraction of sp³-hybridized carbons (Fsp3) is 0.308. The van der Waals surface area contributed by atoms with Crippen LogP contribution in [0.15, 0.2) is 65.8 Å². The normalized spacial score (nSPS) is 21.4. The van der Waals surface area contributed by atoms with E-state index in [9.17, 15) is 35.8 Å². The van der Waals surface area contributed by atoms with Crippen LogP contribution in [0.4, 0.5) is 30.7 Å². The summed E-state index contributed by atoms with van der Waals surface area (Å²) in [7, 11) is 0. The Hall–Kier alpha value is -3.11. The second kappa shape index (κ2) is 10.5. The lowest BCUT2D eigenvalue weighted by atomic mass is 9.98. The number of ether oxygens (including phenoxy) is 2. The van der Waals surface area contributed by atoms with Crippen molar-refractivity contribution in [1.82, 2.24) is 0 Å². The van der Waals surface area contributed by atoms with E-state index in [2.05, 4.69) is 4.74 Å². The van der Waals surface area contributed by atoms with Crippen LogP contribution in [0.25, 0.3) is 5.57 Å². The van der Waals surface area contributed by atoms with Crippen molar-refractivity contribution in [2.75, 3.05) is 6.61 Å². The summed E-state index contributed by atoms with van der Waals surface area (Å²) in [6.07, 6.45) is -3.07. The first-order valence-electron chi connectivity index (χ1n) is 11.1. The zero-order valence-electron chi connectivity index (χ0n) is 18.7. The monoisotopic (exact) mass is 514 g/mol. The van der Waals surface area contributed by atoms with E-state index in [0.29, 0.717) is 37.5 Å². The molecule has 2 aromatic rings. The number of allylic oxidation sites excluding steroid dienone is 5. The highest BCUT2D eigenvalue weighted by Crippen LogP contribution is 2.39. The largest absolute Gasteiger partial charge is 0.429 e. The summed E-state index contributed by atoms with van der Waals surface area (Å²) >= 11 is 0. The predicted octanol–water partition coefficient (Wildman–Crippen LogP) is 7.24. The fourth-order valence-electron chi connectivity index (χ4n) is 4.02. The topological polar surface area (TPSA) is 38.7 Å². The van der Waals surface area contributed by atoms with Gasteiger partial charge in [0.15, 0.2) is 17.5 Å². The second-order valence-electron chi connectivity index (χ2n) is 8.52. The summed E-state index contributed by atoms with van der Waals surface area (Å²) in [5, 5.41) is 9.76. The molecule has 0 spiro atoms. The van der Waals surface area contributed by atoms with E-state index >= 15 is 0 Å². The lowest BCUT2D eigenvalue weighted by molar-refractivity contribution is -0.145. The fourth-order valence-corrected chi connectivity index (χ4v) is 4.02. The molecular formula is C26H21F7O3. The molecule has 0 bridgehead atoms. The molecule has 1 aliphatic carbocycles. The molecular weight excluding hydrogens is 493 g/mol. The van der Waals surface area contributed by atoms with Gasteiger partial charge in [0.2, 0.25) is 0 Å². The van der Waals surface area contributed by atoms with Crippen LogP contribution in [0.2, 0.25) is 0 Å². The zero-order chi connectivity index (χ0) is 26.0. The van der Waals surface area contributed by atoms with Crippen molar-refractivity contribution in [3.8, 4) is 5.75 Å². The molecule has 10 heteroatoms. The van der Waals surface area contributed by atoms with Gasteiger partial charge in [0, 0.05) is 25.2 Å². The van der Waals surface area contributed by atoms with Gasteiger partial charge in [-0.25, -0.2) is 22.0 Å². The van der Waals surface area contributed by atoms with Crippen LogP contribution in [0.1, 0.15) is 42.9 Å². The van der Waals surface area contributed by atoms with Gasteiger partial charge >= 0.3 is 6.11 Å². The zero-order valence-corrected chi connectivity index (χ0v) is 18.7. The smallest absolute Gasteiger partial charge is 0.426 e. The van der Waals surface area contributed by atoms with Gasteiger partial charge in [0.1, 0.15) is 17.4 Å². The number of hydrogen-bond donors (Lipinski definition) is 1. The Morgan fingerprint density at radius 2 is 1.56 bits per heavy atom. The van der Waals surface area contributed by atoms with Gasteiger partial charge in [-0.1, -0.05) is 24.3 Å². The van der Waals surface area contributed by atoms with Crippen LogP contribution in [-0.2, 0) is 4.74 Å². The van der Waals surface area contributed by atoms with Gasteiger partial charge in [-0.2, -0.15) is 8.78 Å². The number of aliphatic hydroxyl groups is 1. The minimum Gasteiger partial charge on any atom is -0.429 e. The molecule has 1 saturated heterocycles. The van der Waals surface area contributed by atoms with Gasteiger partial charge in [0.25, 0.3) is 0 Å². The average Bonchev–Trinajstić information content (AvgIpc) is 3.13. The van der Waals surface area contributed by atoms with E-state index in [-0.39, 0.29) is 23.8 Å². The van der Waals surface area contributed by atoms with Crippen molar-refractivity contribution in [3.63, 3.8) is 0 Å². The molecule has 2 atom stereocenters. The van der Waals surface area contributed by atoms with Crippen molar-refractivity contribution in [1.29, 1.82) is 0 Å². The van der Waals surface area contributed by atoms with Crippen molar-refractivity contribution in [2.45, 2.75) is 44.0 Å². The molecule has 2 aliphatic rings. The number of halogens is 7. The van der Waals surface area contributed by atoms with Gasteiger partial charge in [0.05, 0.1) is 17.8 Å². The minimum absolute atomic E-state index is 0.0292. The molecule has 0 saturated carbocycles. The predicted molar refractivity (Wildman–Crippen MR) is 117 cm³/mol. The second-order valence-corrected chi connectivity index (χ2v) is 8.52. The van der Waals surface area contributed by atoms with Gasteiger partial charge in [-0.15, -0.1) is 0 Å². The number of benzene rings is 2. The van der Waals surface area contributed by atoms with Crippen molar-refractivity contribution in [2.24, 2.45) is 0 Å². The highest BCUT2D eigenvalue weighted by molar-refractivity contribution is 5.77. The summed E-state index contributed by atoms with van der Waals surface area (Å²) in [5.41, 5.74) is -0.301. The number of hydrogen-bond acceptors (Lipinski definition) is 3. The summed E-state index contributed by atoms with van der Waals surface area (Å²) in [5.74, 6) is -9.14. The Labute approximate surface area is 202 Å². The molecule has 0 radical (unpaired) electrons. The Balaban J connectivity index is 1.59. The molecule has 2 unspecified atom stereocenters. The quantitative estimate of drug-likeness (QED) is 0.338. The summed E-state index contributed by atoms with van der Waals surface area (Å²) in [6, 6.07) is 6.85. The lowest BCUT2D eigenvalue weighted by Gasteiger charge is -2.20. The van der Waals surface area contributed by atoms with Crippen LogP contribution in [0.3, 0.4) is 0 Å². The van der Waals surface area contributed by atoms with E-state index in [4.69, 9.17) is 4.74 Å². The molecule has 1 N–H and O–H groups in total. The summed E-state index contributed by atoms with van der Waals surface area (Å²) in [4.78, 5) is 0. The molecule has 0 amide bonds. The number of alkyl halides is 2. The van der Waals surface area contributed by atoms with Crippen molar-refractivity contribution in [3.05, 3.63) is 94.4 Å². The first-order chi connectivity index (χ1) is 17.0. The Morgan fingerprint density at radius 1 is 0.889 bits per heavy atom. The molecule has 1 fully saturated rings. The molecule has 1 heterocycles. The summed E-state index contributed by atoms with van der Waals surface area (Å²) < 4.78 is 109. The molecule has 1 aliphatic heterocycles. The third-order valence-corrected chi connectivity index (χ3v) is 5.93. The average molecular weight is 514 g/mol. The van der Waals surface area contributed by atoms with E-state index in [1.54, 1.807) is 24.3 Å². The van der Waals surface area contributed by atoms with E-state index in [1.807, 2.05) is 0 Å². The van der Waals surface area contributed by atoms with Crippen LogP contribution < -0.4 is 4.74 Å². The highest BCUT2D eigenvalue weighted by atomic mass is 19.3. The third kappa shape index (κ3) is 5.82. The van der Waals surface area contributed by atoms with E-state index in [1.165, 1.54) is 0 Å². The summed E-state index contributed by atoms with van der Waals surface area (Å²) in [6.45, 7) is 0.388. The van der Waals surface area contributed by atoms with Crippen LogP contribution in [0, 0.1) is 17.5 Å². The third-order valence-electron chi connectivity index (χ3n) is 5.93. The van der Waals surface area contributed by atoms with Crippen molar-refractivity contribution < 1.29 is 45.3 Å². The maximum atomic E-state index is 14.9. The standard InChI is InChI=1S/C26H21F7O3/c27-17-9-16(14-1-3-15(4-2-14)24-6-5-18(34)7-8-35-24)10-21(28)20(11-17)26(32,33)36-19-12-22(29)25(31)23(30)13-19/h1-4,9-10,12-13,18,24,34H,5-8,11H2. The van der Waals surface area contributed by atoms with Gasteiger partial charge in [-0.05, 0) is 48.1 Å². The molecule has 3 nitrogen and oxygen atoms in total. The van der Waals surface area contributed by atoms with Gasteiger partial charge < -0.3 is 14.6 Å². The van der Waals surface area contributed by atoms with Crippen LogP contribution >= 0.6 is 0 Å². The Bertz CT molecular complexity index is 1200. The molecule has 2 aromatic carbocycles. The van der Waals surface area contributed by atoms with Crippen LogP contribution in [-0.4, -0.2) is 23.9 Å². The van der Waals surface area contributed by atoms with E-state index in [0.717, 1.165) is 11.6 Å².